The molecule has 112 valence electrons. The summed E-state index contributed by atoms with van der Waals surface area (Å²) in [7, 11) is 0. The van der Waals surface area contributed by atoms with Crippen LogP contribution in [0.4, 0.5) is 5.82 Å². The number of aryl methyl sites for hydroxylation is 1. The smallest absolute Gasteiger partial charge is 0.151 e. The third-order valence-corrected chi connectivity index (χ3v) is 4.35. The third-order valence-electron chi connectivity index (χ3n) is 4.35. The molecule has 0 spiro atoms. The van der Waals surface area contributed by atoms with Crippen molar-refractivity contribution in [1.82, 2.24) is 9.97 Å². The lowest BCUT2D eigenvalue weighted by atomic mass is 9.94. The molecule has 1 heterocycles. The van der Waals surface area contributed by atoms with Gasteiger partial charge in [-0.2, -0.15) is 0 Å². The molecular weight excluding hydrogens is 262 g/mol. The first-order valence-corrected chi connectivity index (χ1v) is 7.90. The van der Waals surface area contributed by atoms with Crippen LogP contribution in [0.3, 0.4) is 0 Å². The van der Waals surface area contributed by atoms with E-state index in [2.05, 4.69) is 9.88 Å². The van der Waals surface area contributed by atoms with Gasteiger partial charge in [-0.25, -0.2) is 9.97 Å². The summed E-state index contributed by atoms with van der Waals surface area (Å²) in [6.45, 7) is 2.81. The topological polar surface area (TPSA) is 49.2 Å². The van der Waals surface area contributed by atoms with Gasteiger partial charge < -0.3 is 10.0 Å². The molecule has 1 N–H and O–H groups in total. The number of aliphatic hydroxyl groups excluding tert-OH is 1. The quantitative estimate of drug-likeness (QED) is 0.938. The lowest BCUT2D eigenvalue weighted by molar-refractivity contribution is 0.289. The zero-order valence-electron chi connectivity index (χ0n) is 12.6. The standard InChI is InChI=1S/C17H23N3O/c1-13-17(19-16-10-6-5-9-15(16)18-13)20(11-12-21)14-7-3-2-4-8-14/h5-6,9-10,14,21H,2-4,7-8,11-12H2,1H3. The minimum Gasteiger partial charge on any atom is -0.395 e. The highest BCUT2D eigenvalue weighted by Crippen LogP contribution is 2.28. The summed E-state index contributed by atoms with van der Waals surface area (Å²) in [5, 5.41) is 9.44. The lowest BCUT2D eigenvalue weighted by Gasteiger charge is -2.35. The van der Waals surface area contributed by atoms with Gasteiger partial charge in [0.25, 0.3) is 0 Å². The minimum absolute atomic E-state index is 0.157. The number of aromatic nitrogens is 2. The van der Waals surface area contributed by atoms with Gasteiger partial charge in [-0.3, -0.25) is 0 Å². The van der Waals surface area contributed by atoms with Crippen molar-refractivity contribution < 1.29 is 5.11 Å². The highest BCUT2D eigenvalue weighted by Gasteiger charge is 2.24. The number of para-hydroxylation sites is 2. The van der Waals surface area contributed by atoms with E-state index in [-0.39, 0.29) is 6.61 Å². The second-order valence-electron chi connectivity index (χ2n) is 5.83. The van der Waals surface area contributed by atoms with E-state index in [9.17, 15) is 5.11 Å². The van der Waals surface area contributed by atoms with Crippen LogP contribution in [0, 0.1) is 6.92 Å². The number of aliphatic hydroxyl groups is 1. The molecule has 3 rings (SSSR count). The highest BCUT2D eigenvalue weighted by atomic mass is 16.3. The number of hydrogen-bond acceptors (Lipinski definition) is 4. The molecule has 0 amide bonds. The molecule has 4 nitrogen and oxygen atoms in total. The van der Waals surface area contributed by atoms with E-state index in [4.69, 9.17) is 4.98 Å². The van der Waals surface area contributed by atoms with Gasteiger partial charge in [0.05, 0.1) is 23.3 Å². The Kier molecular flexibility index (Phi) is 4.34. The number of benzene rings is 1. The third kappa shape index (κ3) is 3.00. The van der Waals surface area contributed by atoms with Crippen LogP contribution in [0.5, 0.6) is 0 Å². The monoisotopic (exact) mass is 285 g/mol. The largest absolute Gasteiger partial charge is 0.395 e. The van der Waals surface area contributed by atoms with Gasteiger partial charge in [-0.1, -0.05) is 31.4 Å². The first kappa shape index (κ1) is 14.3. The molecule has 0 saturated heterocycles. The molecule has 1 aliphatic carbocycles. The Hall–Kier alpha value is -1.68. The molecule has 1 saturated carbocycles. The molecule has 1 aromatic heterocycles. The van der Waals surface area contributed by atoms with Crippen LogP contribution in [0.2, 0.25) is 0 Å². The van der Waals surface area contributed by atoms with Gasteiger partial charge in [0.2, 0.25) is 0 Å². The average molecular weight is 285 g/mol. The van der Waals surface area contributed by atoms with Gasteiger partial charge >= 0.3 is 0 Å². The maximum absolute atomic E-state index is 9.44. The fourth-order valence-electron chi connectivity index (χ4n) is 3.31. The summed E-state index contributed by atoms with van der Waals surface area (Å²) < 4.78 is 0. The van der Waals surface area contributed by atoms with Crippen LogP contribution in [0.1, 0.15) is 37.8 Å². The summed E-state index contributed by atoms with van der Waals surface area (Å²) >= 11 is 0. The zero-order chi connectivity index (χ0) is 14.7. The van der Waals surface area contributed by atoms with Crippen LogP contribution in [-0.4, -0.2) is 34.3 Å². The molecular formula is C17H23N3O. The first-order chi connectivity index (χ1) is 10.3. The van der Waals surface area contributed by atoms with E-state index in [1.54, 1.807) is 0 Å². The maximum Gasteiger partial charge on any atom is 0.151 e. The Morgan fingerprint density at radius 3 is 2.43 bits per heavy atom. The summed E-state index contributed by atoms with van der Waals surface area (Å²) in [5.74, 6) is 0.939. The zero-order valence-corrected chi connectivity index (χ0v) is 12.6. The molecule has 1 aromatic carbocycles. The number of anilines is 1. The van der Waals surface area contributed by atoms with Gasteiger partial charge in [0.1, 0.15) is 0 Å². The number of nitrogens with zero attached hydrogens (tertiary/aromatic N) is 3. The molecule has 1 aliphatic rings. The van der Waals surface area contributed by atoms with Gasteiger partial charge in [0.15, 0.2) is 5.82 Å². The summed E-state index contributed by atoms with van der Waals surface area (Å²) in [6.07, 6.45) is 6.24. The maximum atomic E-state index is 9.44. The SMILES string of the molecule is Cc1nc2ccccc2nc1N(CCO)C1CCCCC1. The Morgan fingerprint density at radius 1 is 1.10 bits per heavy atom. The molecule has 21 heavy (non-hydrogen) atoms. The molecule has 0 bridgehead atoms. The molecule has 1 fully saturated rings. The summed E-state index contributed by atoms with van der Waals surface area (Å²) in [4.78, 5) is 11.8. The van der Waals surface area contributed by atoms with Gasteiger partial charge in [0, 0.05) is 12.6 Å². The Balaban J connectivity index is 1.99. The molecule has 2 aromatic rings. The first-order valence-electron chi connectivity index (χ1n) is 7.90. The van der Waals surface area contributed by atoms with Crippen molar-refractivity contribution in [3.63, 3.8) is 0 Å². The number of rotatable bonds is 4. The Bertz CT molecular complexity index is 608. The van der Waals surface area contributed by atoms with Crippen molar-refractivity contribution in [3.05, 3.63) is 30.0 Å². The van der Waals surface area contributed by atoms with E-state index in [1.165, 1.54) is 32.1 Å². The van der Waals surface area contributed by atoms with E-state index < -0.39 is 0 Å². The Morgan fingerprint density at radius 2 is 1.76 bits per heavy atom. The highest BCUT2D eigenvalue weighted by molar-refractivity contribution is 5.76. The molecule has 0 unspecified atom stereocenters. The van der Waals surface area contributed by atoms with Crippen LogP contribution in [-0.2, 0) is 0 Å². The van der Waals surface area contributed by atoms with Crippen LogP contribution in [0.25, 0.3) is 11.0 Å². The molecule has 0 radical (unpaired) electrons. The predicted molar refractivity (Wildman–Crippen MR) is 85.6 cm³/mol. The molecule has 0 aliphatic heterocycles. The van der Waals surface area contributed by atoms with Gasteiger partial charge in [-0.05, 0) is 31.9 Å². The van der Waals surface area contributed by atoms with Crippen LogP contribution in [0.15, 0.2) is 24.3 Å². The van der Waals surface area contributed by atoms with Crippen LogP contribution < -0.4 is 4.90 Å². The molecule has 0 atom stereocenters. The van der Waals surface area contributed by atoms with Crippen molar-refractivity contribution in [3.8, 4) is 0 Å². The lowest BCUT2D eigenvalue weighted by Crippen LogP contribution is -2.40. The van der Waals surface area contributed by atoms with Crippen molar-refractivity contribution in [2.24, 2.45) is 0 Å². The van der Waals surface area contributed by atoms with Crippen molar-refractivity contribution in [1.29, 1.82) is 0 Å². The summed E-state index contributed by atoms with van der Waals surface area (Å²) in [6, 6.07) is 8.47. The second kappa shape index (κ2) is 6.39. The van der Waals surface area contributed by atoms with Gasteiger partial charge in [-0.15, -0.1) is 0 Å². The van der Waals surface area contributed by atoms with E-state index >= 15 is 0 Å². The van der Waals surface area contributed by atoms with E-state index in [0.29, 0.717) is 12.6 Å². The number of fused-ring (bicyclic) bond motifs is 1. The minimum atomic E-state index is 0.157. The summed E-state index contributed by atoms with van der Waals surface area (Å²) in [5.41, 5.74) is 2.82. The normalized spacial score (nSPS) is 16.3. The number of hydrogen-bond donors (Lipinski definition) is 1. The van der Waals surface area contributed by atoms with Crippen LogP contribution >= 0.6 is 0 Å². The van der Waals surface area contributed by atoms with Crippen molar-refractivity contribution in [2.45, 2.75) is 45.1 Å². The fourth-order valence-corrected chi connectivity index (χ4v) is 3.31. The Labute approximate surface area is 125 Å². The van der Waals surface area contributed by atoms with E-state index in [1.807, 2.05) is 31.2 Å². The fraction of sp³-hybridized carbons (Fsp3) is 0.529. The van der Waals surface area contributed by atoms with E-state index in [0.717, 1.165) is 22.5 Å². The van der Waals surface area contributed by atoms with Crippen molar-refractivity contribution >= 4 is 16.9 Å². The van der Waals surface area contributed by atoms with Crippen molar-refractivity contribution in [2.75, 3.05) is 18.1 Å². The molecule has 4 heteroatoms. The predicted octanol–water partition coefficient (Wildman–Crippen LogP) is 3.07. The second-order valence-corrected chi connectivity index (χ2v) is 5.83. The average Bonchev–Trinajstić information content (AvgIpc) is 2.53.